The lowest BCUT2D eigenvalue weighted by atomic mass is 10.1. The summed E-state index contributed by atoms with van der Waals surface area (Å²) in [6.45, 7) is 2.37. The van der Waals surface area contributed by atoms with Crippen molar-refractivity contribution in [2.75, 3.05) is 6.61 Å². The maximum absolute atomic E-state index is 12.3. The molecular weight excluding hydrogens is 392 g/mol. The van der Waals surface area contributed by atoms with E-state index in [2.05, 4.69) is 10.6 Å². The molecule has 0 saturated heterocycles. The van der Waals surface area contributed by atoms with Gasteiger partial charge in [-0.2, -0.15) is 0 Å². The van der Waals surface area contributed by atoms with Gasteiger partial charge in [0.1, 0.15) is 11.5 Å². The summed E-state index contributed by atoms with van der Waals surface area (Å²) in [5, 5.41) is 6.22. The van der Waals surface area contributed by atoms with Crippen LogP contribution in [0, 0.1) is 6.92 Å². The molecule has 0 aliphatic carbocycles. The molecule has 2 N–H and O–H groups in total. The van der Waals surface area contributed by atoms with Crippen LogP contribution in [-0.4, -0.2) is 18.4 Å². The second-order valence-corrected chi connectivity index (χ2v) is 6.85. The molecule has 0 saturated carbocycles. The van der Waals surface area contributed by atoms with Gasteiger partial charge in [0, 0.05) is 17.1 Å². The van der Waals surface area contributed by atoms with Crippen LogP contribution in [0.25, 0.3) is 0 Å². The Morgan fingerprint density at radius 3 is 2.66 bits per heavy atom. The van der Waals surface area contributed by atoms with Crippen LogP contribution in [0.4, 0.5) is 0 Å². The van der Waals surface area contributed by atoms with Gasteiger partial charge in [0.2, 0.25) is 0 Å². The highest BCUT2D eigenvalue weighted by Gasteiger charge is 2.08. The van der Waals surface area contributed by atoms with E-state index in [1.165, 1.54) is 0 Å². The van der Waals surface area contributed by atoms with E-state index in [4.69, 9.17) is 20.8 Å². The number of hydrogen-bond donors (Lipinski definition) is 2. The van der Waals surface area contributed by atoms with Crippen molar-refractivity contribution in [1.82, 2.24) is 10.6 Å². The molecule has 3 aromatic rings. The van der Waals surface area contributed by atoms with Crippen LogP contribution in [0.1, 0.15) is 27.2 Å². The second kappa shape index (κ2) is 9.80. The minimum absolute atomic E-state index is 0.107. The SMILES string of the molecule is Cc1cc(OCC(=O)NCc2cccc(C(=O)NCc3ccco3)c2)ccc1Cl. The Hall–Kier alpha value is -3.25. The first-order chi connectivity index (χ1) is 14.0. The van der Waals surface area contributed by atoms with Crippen molar-refractivity contribution in [2.24, 2.45) is 0 Å². The summed E-state index contributed by atoms with van der Waals surface area (Å²) in [6, 6.07) is 15.8. The van der Waals surface area contributed by atoms with Gasteiger partial charge >= 0.3 is 0 Å². The standard InChI is InChI=1S/C22H21ClN2O4/c1-15-10-18(7-8-20(15)23)29-14-21(26)24-12-16-4-2-5-17(11-16)22(27)25-13-19-6-3-9-28-19/h2-11H,12-14H2,1H3,(H,24,26)(H,25,27). The van der Waals surface area contributed by atoms with Crippen LogP contribution in [0.2, 0.25) is 5.02 Å². The summed E-state index contributed by atoms with van der Waals surface area (Å²) >= 11 is 5.97. The van der Waals surface area contributed by atoms with Crippen molar-refractivity contribution in [3.05, 3.63) is 88.3 Å². The molecule has 0 aliphatic rings. The lowest BCUT2D eigenvalue weighted by Crippen LogP contribution is -2.28. The molecule has 3 rings (SSSR count). The fraction of sp³-hybridized carbons (Fsp3) is 0.182. The van der Waals surface area contributed by atoms with Crippen molar-refractivity contribution < 1.29 is 18.7 Å². The van der Waals surface area contributed by atoms with Crippen molar-refractivity contribution in [3.63, 3.8) is 0 Å². The van der Waals surface area contributed by atoms with E-state index in [9.17, 15) is 9.59 Å². The summed E-state index contributed by atoms with van der Waals surface area (Å²) < 4.78 is 10.7. The summed E-state index contributed by atoms with van der Waals surface area (Å²) in [6.07, 6.45) is 1.56. The highest BCUT2D eigenvalue weighted by atomic mass is 35.5. The monoisotopic (exact) mass is 412 g/mol. The molecule has 0 radical (unpaired) electrons. The highest BCUT2D eigenvalue weighted by Crippen LogP contribution is 2.20. The molecule has 7 heteroatoms. The maximum atomic E-state index is 12.3. The molecule has 0 bridgehead atoms. The van der Waals surface area contributed by atoms with Gasteiger partial charge in [-0.25, -0.2) is 0 Å². The number of rotatable bonds is 8. The Morgan fingerprint density at radius 2 is 1.90 bits per heavy atom. The minimum Gasteiger partial charge on any atom is -0.484 e. The topological polar surface area (TPSA) is 80.6 Å². The molecule has 29 heavy (non-hydrogen) atoms. The molecule has 2 aromatic carbocycles. The zero-order valence-electron chi connectivity index (χ0n) is 15.9. The minimum atomic E-state index is -0.259. The van der Waals surface area contributed by atoms with Crippen molar-refractivity contribution in [1.29, 1.82) is 0 Å². The summed E-state index contributed by atoms with van der Waals surface area (Å²) in [5.41, 5.74) is 2.20. The number of benzene rings is 2. The molecule has 0 unspecified atom stereocenters. The van der Waals surface area contributed by atoms with Crippen molar-refractivity contribution in [2.45, 2.75) is 20.0 Å². The van der Waals surface area contributed by atoms with Crippen LogP contribution in [-0.2, 0) is 17.9 Å². The summed E-state index contributed by atoms with van der Waals surface area (Å²) in [5.74, 6) is 0.788. The van der Waals surface area contributed by atoms with Gasteiger partial charge in [-0.3, -0.25) is 9.59 Å². The maximum Gasteiger partial charge on any atom is 0.258 e. The van der Waals surface area contributed by atoms with E-state index in [0.29, 0.717) is 35.2 Å². The number of halogens is 1. The number of nitrogens with one attached hydrogen (secondary N) is 2. The Labute approximate surface area is 173 Å². The molecule has 6 nitrogen and oxygen atoms in total. The van der Waals surface area contributed by atoms with Gasteiger partial charge in [0.15, 0.2) is 6.61 Å². The first kappa shape index (κ1) is 20.5. The van der Waals surface area contributed by atoms with Crippen LogP contribution >= 0.6 is 11.6 Å². The van der Waals surface area contributed by atoms with E-state index in [0.717, 1.165) is 11.1 Å². The zero-order chi connectivity index (χ0) is 20.6. The fourth-order valence-electron chi connectivity index (χ4n) is 2.61. The molecule has 0 atom stereocenters. The predicted octanol–water partition coefficient (Wildman–Crippen LogP) is 3.87. The Bertz CT molecular complexity index is 986. The van der Waals surface area contributed by atoms with E-state index in [1.807, 2.05) is 13.0 Å². The number of furan rings is 1. The Morgan fingerprint density at radius 1 is 1.03 bits per heavy atom. The molecule has 2 amide bonds. The molecular formula is C22H21ClN2O4. The molecule has 150 valence electrons. The van der Waals surface area contributed by atoms with Gasteiger partial charge < -0.3 is 19.8 Å². The largest absolute Gasteiger partial charge is 0.484 e. The first-order valence-electron chi connectivity index (χ1n) is 9.06. The lowest BCUT2D eigenvalue weighted by molar-refractivity contribution is -0.123. The highest BCUT2D eigenvalue weighted by molar-refractivity contribution is 6.31. The van der Waals surface area contributed by atoms with Crippen LogP contribution in [0.5, 0.6) is 5.75 Å². The number of hydrogen-bond acceptors (Lipinski definition) is 4. The summed E-state index contributed by atoms with van der Waals surface area (Å²) in [7, 11) is 0. The Balaban J connectivity index is 1.47. The zero-order valence-corrected chi connectivity index (χ0v) is 16.7. The number of ether oxygens (including phenoxy) is 1. The van der Waals surface area contributed by atoms with Gasteiger partial charge in [0.05, 0.1) is 12.8 Å². The molecule has 1 aromatic heterocycles. The quantitative estimate of drug-likeness (QED) is 0.588. The third-order valence-corrected chi connectivity index (χ3v) is 4.61. The van der Waals surface area contributed by atoms with Crippen molar-refractivity contribution >= 4 is 23.4 Å². The molecule has 0 spiro atoms. The van der Waals surface area contributed by atoms with Crippen LogP contribution < -0.4 is 15.4 Å². The van der Waals surface area contributed by atoms with Gasteiger partial charge in [-0.05, 0) is 60.5 Å². The van der Waals surface area contributed by atoms with Gasteiger partial charge in [-0.1, -0.05) is 23.7 Å². The van der Waals surface area contributed by atoms with Gasteiger partial charge in [0.25, 0.3) is 11.8 Å². The van der Waals surface area contributed by atoms with E-state index in [1.54, 1.807) is 54.8 Å². The molecule has 0 fully saturated rings. The normalized spacial score (nSPS) is 10.4. The van der Waals surface area contributed by atoms with Gasteiger partial charge in [-0.15, -0.1) is 0 Å². The predicted molar refractivity (Wildman–Crippen MR) is 110 cm³/mol. The van der Waals surface area contributed by atoms with Crippen LogP contribution in [0.15, 0.2) is 65.3 Å². The van der Waals surface area contributed by atoms with Crippen LogP contribution in [0.3, 0.4) is 0 Å². The molecule has 1 heterocycles. The fourth-order valence-corrected chi connectivity index (χ4v) is 2.73. The molecule has 0 aliphatic heterocycles. The van der Waals surface area contributed by atoms with E-state index >= 15 is 0 Å². The third-order valence-electron chi connectivity index (χ3n) is 4.18. The number of aryl methyl sites for hydroxylation is 1. The lowest BCUT2D eigenvalue weighted by Gasteiger charge is -2.10. The first-order valence-corrected chi connectivity index (χ1v) is 9.44. The van der Waals surface area contributed by atoms with E-state index < -0.39 is 0 Å². The third kappa shape index (κ3) is 6.12. The van der Waals surface area contributed by atoms with Crippen molar-refractivity contribution in [3.8, 4) is 5.75 Å². The second-order valence-electron chi connectivity index (χ2n) is 6.44. The summed E-state index contributed by atoms with van der Waals surface area (Å²) in [4.78, 5) is 24.3. The van der Waals surface area contributed by atoms with E-state index in [-0.39, 0.29) is 18.4 Å². The average molecular weight is 413 g/mol. The smallest absolute Gasteiger partial charge is 0.258 e. The number of amides is 2. The Kier molecular flexibility index (Phi) is 6.92. The number of carbonyl (C=O) groups is 2. The average Bonchev–Trinajstić information content (AvgIpc) is 3.25. The number of carbonyl (C=O) groups excluding carboxylic acids is 2.